The predicted molar refractivity (Wildman–Crippen MR) is 430 cm³/mol. The zero-order valence-corrected chi connectivity index (χ0v) is 64.4. The molecule has 590 valence electrons. The number of pyridine rings is 2. The molecule has 0 atom stereocenters. The lowest BCUT2D eigenvalue weighted by Crippen LogP contribution is -2.29. The number of nitrogens with one attached hydrogen (secondary N) is 4. The number of ether oxygens (including phenoxy) is 2. The van der Waals surface area contributed by atoms with Crippen LogP contribution in [0.25, 0.3) is 44.1 Å². The van der Waals surface area contributed by atoms with Gasteiger partial charge in [-0.25, -0.2) is 0 Å². The summed E-state index contributed by atoms with van der Waals surface area (Å²) in [5.74, 6) is -2.69. The molecular weight excluding hydrogens is 1600 g/mol. The molecule has 4 heterocycles. The number of aryl methyl sites for hydroxylation is 4. The molecule has 0 radical (unpaired) electrons. The molecule has 0 amide bonds. The van der Waals surface area contributed by atoms with E-state index in [1.54, 1.807) is 103 Å². The highest BCUT2D eigenvalue weighted by Crippen LogP contribution is 2.47. The summed E-state index contributed by atoms with van der Waals surface area (Å²) in [6.45, 7) is 0. The number of hydrogen-bond acceptors (Lipinski definition) is 26. The van der Waals surface area contributed by atoms with Gasteiger partial charge in [-0.1, -0.05) is 109 Å². The number of hydrogen-bond donors (Lipinski definition) is 8. The minimum atomic E-state index is -5.13. The molecule has 4 aromatic heterocycles. The minimum Gasteiger partial charge on any atom is -0.424 e. The van der Waals surface area contributed by atoms with Crippen LogP contribution in [-0.2, 0) is 67.4 Å². The number of benzene rings is 10. The number of anilines is 8. The predicted octanol–water partition coefficient (Wildman–Crippen LogP) is 12.8. The van der Waals surface area contributed by atoms with Crippen LogP contribution in [0.1, 0.15) is 88.2 Å². The molecule has 0 aliphatic heterocycles. The second-order valence-corrected chi connectivity index (χ2v) is 32.7. The molecule has 36 heteroatoms. The third kappa shape index (κ3) is 15.0. The van der Waals surface area contributed by atoms with Gasteiger partial charge >= 0.3 is 12.0 Å². The maximum Gasteiger partial charge on any atom is 0.327 e. The summed E-state index contributed by atoms with van der Waals surface area (Å²) in [6, 6.07) is 50.9. The summed E-state index contributed by atoms with van der Waals surface area (Å²) in [7, 11) is -16.8. The van der Waals surface area contributed by atoms with Crippen LogP contribution in [0.4, 0.5) is 46.0 Å². The highest BCUT2D eigenvalue weighted by molar-refractivity contribution is 7.86. The Labute approximate surface area is 668 Å². The standard InChI is InChI=1S/C82H58N12O20S4/c1-93-59-36-34-55(67-69(59)65(51-22-9-11-24-53(51)75(67)97)71(77(93)99)73(95)43-16-5-3-6-17-43)83-45-28-38-62(118(110,111)112)58(41-45)86-80-88-64(90-82(92-80)113-47-19-7-4-8-20-47)27-14-13-26-63-87-79(91-81(89-63)114-48-30-32-49(33-31-48)115(101,102)103)84-46-29-39-61(117(107,108)109)57(42-46)85-56-35-37-60-70-66(52-23-10-12-25-54(52)76(98)68(56)70)72(78(100)94(60)2)74(96)44-18-15-21-50(40-44)116(104,105)106/h3-12,15-25,28-42,83,85H,13-14,26-27H2,1-2H3,(H,101,102,103)(H,104,105,106)(H,107,108,109)(H,110,111,112)(H,84,87,89,91)(H,86,88,90,92). The first-order chi connectivity index (χ1) is 56.3. The molecule has 16 rings (SSSR count). The highest BCUT2D eigenvalue weighted by atomic mass is 32.2. The zero-order chi connectivity index (χ0) is 83.0. The van der Waals surface area contributed by atoms with Crippen molar-refractivity contribution in [2.24, 2.45) is 14.1 Å². The second-order valence-electron chi connectivity index (χ2n) is 27.0. The molecule has 0 saturated heterocycles. The van der Waals surface area contributed by atoms with Gasteiger partial charge in [-0.15, -0.1) is 0 Å². The first-order valence-electron chi connectivity index (χ1n) is 35.5. The van der Waals surface area contributed by atoms with E-state index in [1.807, 2.05) is 0 Å². The lowest BCUT2D eigenvalue weighted by atomic mass is 9.80. The van der Waals surface area contributed by atoms with Gasteiger partial charge in [0.15, 0.2) is 23.1 Å². The van der Waals surface area contributed by atoms with Crippen LogP contribution >= 0.6 is 0 Å². The van der Waals surface area contributed by atoms with Crippen molar-refractivity contribution in [1.29, 1.82) is 0 Å². The van der Waals surface area contributed by atoms with Gasteiger partial charge in [0.1, 0.15) is 32.9 Å². The highest BCUT2D eigenvalue weighted by Gasteiger charge is 2.37. The van der Waals surface area contributed by atoms with E-state index in [0.29, 0.717) is 22.2 Å². The molecule has 10 aromatic carbocycles. The lowest BCUT2D eigenvalue weighted by molar-refractivity contribution is 0.102. The van der Waals surface area contributed by atoms with E-state index < -0.39 is 99.9 Å². The Morgan fingerprint density at radius 3 is 1.29 bits per heavy atom. The van der Waals surface area contributed by atoms with Crippen LogP contribution < -0.4 is 41.9 Å². The minimum absolute atomic E-state index is 0.00958. The van der Waals surface area contributed by atoms with Crippen LogP contribution in [0.2, 0.25) is 0 Å². The summed E-state index contributed by atoms with van der Waals surface area (Å²) in [5, 5.41) is 12.5. The number of ketones is 4. The first-order valence-corrected chi connectivity index (χ1v) is 41.3. The fourth-order valence-electron chi connectivity index (χ4n) is 14.2. The summed E-state index contributed by atoms with van der Waals surface area (Å²) >= 11 is 0. The molecule has 2 aliphatic rings. The van der Waals surface area contributed by atoms with Crippen molar-refractivity contribution in [2.45, 2.75) is 45.3 Å². The molecule has 32 nitrogen and oxygen atoms in total. The number of carbonyl (C=O) groups excluding carboxylic acids is 4. The van der Waals surface area contributed by atoms with Crippen molar-refractivity contribution < 1.29 is 80.5 Å². The van der Waals surface area contributed by atoms with Crippen molar-refractivity contribution in [3.8, 4) is 45.8 Å². The van der Waals surface area contributed by atoms with E-state index in [0.717, 1.165) is 41.0 Å². The molecule has 0 saturated carbocycles. The van der Waals surface area contributed by atoms with Gasteiger partial charge in [-0.2, -0.15) is 63.6 Å². The Hall–Kier alpha value is -14.2. The first kappa shape index (κ1) is 77.7. The average molecular weight is 1660 g/mol. The second kappa shape index (κ2) is 30.2. The van der Waals surface area contributed by atoms with E-state index >= 15 is 0 Å². The summed E-state index contributed by atoms with van der Waals surface area (Å²) in [5.41, 5.74) is -1.03. The van der Waals surface area contributed by atoms with Crippen molar-refractivity contribution in [3.63, 3.8) is 0 Å². The Kier molecular flexibility index (Phi) is 19.9. The molecule has 0 bridgehead atoms. The maximum absolute atomic E-state index is 15.0. The Morgan fingerprint density at radius 1 is 0.373 bits per heavy atom. The SMILES string of the molecule is Cn1c(=O)c(C(=O)c2ccccc2)c2c3c(c(Nc4ccc(S(=O)(=O)O)c(Nc5nc(CCCCc6nc(Nc7ccc(S(=O)(=O)O)c(Nc8ccc9c%10c8C(=O)c8ccccc8-c%10c(C(=O)c8cccc(S(=O)(=O)O)c8)c(=O)n9C)c7)nc(Oc7ccc(S(=O)(=O)O)cc7)n6)nc(Oc6ccccc6)n5)c4)ccc31)C(=O)c1ccccc1-2. The van der Waals surface area contributed by atoms with E-state index in [2.05, 4.69) is 51.2 Å². The van der Waals surface area contributed by atoms with Crippen molar-refractivity contribution in [2.75, 3.05) is 21.3 Å². The summed E-state index contributed by atoms with van der Waals surface area (Å²) < 4.78 is 157. The Morgan fingerprint density at radius 2 is 0.797 bits per heavy atom. The lowest BCUT2D eigenvalue weighted by Gasteiger charge is -2.26. The van der Waals surface area contributed by atoms with Crippen molar-refractivity contribution in [3.05, 3.63) is 295 Å². The molecule has 0 fully saturated rings. The van der Waals surface area contributed by atoms with E-state index in [9.17, 15) is 80.6 Å². The summed E-state index contributed by atoms with van der Waals surface area (Å²) in [4.78, 5) is 113. The fourth-order valence-corrected chi connectivity index (χ4v) is 16.5. The molecule has 2 aliphatic carbocycles. The van der Waals surface area contributed by atoms with E-state index in [-0.39, 0.29) is 168 Å². The molecular formula is C82H58N12O20S4. The normalized spacial score (nSPS) is 12.4. The van der Waals surface area contributed by atoms with Gasteiger partial charge in [0, 0.05) is 82.5 Å². The number of para-hydroxylation sites is 1. The Bertz CT molecular complexity index is 7300. The maximum atomic E-state index is 15.0. The largest absolute Gasteiger partial charge is 0.424 e. The number of unbranched alkanes of at least 4 members (excludes halogenated alkanes) is 1. The fraction of sp³-hybridized carbons (Fsp3) is 0.0732. The molecule has 118 heavy (non-hydrogen) atoms. The quantitative estimate of drug-likeness (QED) is 0.0150. The van der Waals surface area contributed by atoms with Crippen LogP contribution in [0.15, 0.2) is 248 Å². The van der Waals surface area contributed by atoms with Gasteiger partial charge in [0.2, 0.25) is 11.9 Å². The smallest absolute Gasteiger partial charge is 0.327 e. The zero-order valence-electron chi connectivity index (χ0n) is 61.1. The molecule has 0 spiro atoms. The molecule has 0 unspecified atom stereocenters. The van der Waals surface area contributed by atoms with Gasteiger partial charge in [-0.05, 0) is 133 Å². The van der Waals surface area contributed by atoms with Crippen LogP contribution in [-0.4, -0.2) is 114 Å². The third-order valence-electron chi connectivity index (χ3n) is 19.6. The number of aromatic nitrogens is 8. The number of nitrogens with zero attached hydrogens (tertiary/aromatic N) is 8. The monoisotopic (exact) mass is 1660 g/mol. The topological polar surface area (TPSA) is 474 Å². The summed E-state index contributed by atoms with van der Waals surface area (Å²) in [6.07, 6.45) is 0.582. The molecule has 8 N–H and O–H groups in total. The van der Waals surface area contributed by atoms with Crippen molar-refractivity contribution in [1.82, 2.24) is 39.0 Å². The number of rotatable bonds is 25. The van der Waals surface area contributed by atoms with Gasteiger partial charge in [-0.3, -0.25) is 47.0 Å². The van der Waals surface area contributed by atoms with Gasteiger partial charge < -0.3 is 39.9 Å². The third-order valence-corrected chi connectivity index (χ3v) is 23.1. The number of fused-ring (bicyclic) bond motifs is 4. The van der Waals surface area contributed by atoms with Crippen molar-refractivity contribution >= 4 is 131 Å². The van der Waals surface area contributed by atoms with Crippen LogP contribution in [0.5, 0.6) is 23.5 Å². The molecule has 14 aromatic rings. The van der Waals surface area contributed by atoms with Gasteiger partial charge in [0.05, 0.1) is 65.8 Å². The van der Waals surface area contributed by atoms with E-state index in [1.165, 1.54) is 97.5 Å². The van der Waals surface area contributed by atoms with E-state index in [4.69, 9.17) is 9.47 Å². The Balaban J connectivity index is 0.710. The van der Waals surface area contributed by atoms with Crippen LogP contribution in [0.3, 0.4) is 0 Å². The van der Waals surface area contributed by atoms with Crippen LogP contribution in [0, 0.1) is 0 Å². The average Bonchev–Trinajstić information content (AvgIpc) is 0.710. The number of carbonyl (C=O) groups is 4. The van der Waals surface area contributed by atoms with Gasteiger partial charge in [0.25, 0.3) is 51.6 Å².